The Bertz CT molecular complexity index is 503. The van der Waals surface area contributed by atoms with Crippen LogP contribution in [0.2, 0.25) is 0 Å². The molecule has 1 aliphatic rings. The Labute approximate surface area is 114 Å². The smallest absolute Gasteiger partial charge is 0.251 e. The summed E-state index contributed by atoms with van der Waals surface area (Å²) in [6.45, 7) is 4.13. The third-order valence-electron chi connectivity index (χ3n) is 3.66. The number of hydrogen-bond acceptors (Lipinski definition) is 2. The van der Waals surface area contributed by atoms with Gasteiger partial charge in [0, 0.05) is 16.8 Å². The lowest BCUT2D eigenvalue weighted by atomic mass is 9.85. The average molecular weight is 258 g/mol. The fraction of sp³-hybridized carbons (Fsp3) is 0.438. The summed E-state index contributed by atoms with van der Waals surface area (Å²) in [5, 5.41) is 2.97. The molecule has 3 heteroatoms. The number of hydrogen-bond donors (Lipinski definition) is 2. The SMILES string of the molecule is CCc1cccc(NC(=O)C2=CCC(C)(N)CC2)c1. The Hall–Kier alpha value is -1.61. The Morgan fingerprint density at radius 2 is 2.26 bits per heavy atom. The van der Waals surface area contributed by atoms with Gasteiger partial charge in [-0.05, 0) is 50.3 Å². The van der Waals surface area contributed by atoms with Crippen LogP contribution in [0.15, 0.2) is 35.9 Å². The minimum absolute atomic E-state index is 0.00348. The van der Waals surface area contributed by atoms with Crippen LogP contribution in [-0.4, -0.2) is 11.4 Å². The number of benzene rings is 1. The standard InChI is InChI=1S/C16H22N2O/c1-3-12-5-4-6-14(11-12)18-15(19)13-7-9-16(2,17)10-8-13/h4-7,11H,3,8-10,17H2,1-2H3,(H,18,19). The zero-order valence-electron chi connectivity index (χ0n) is 11.7. The van der Waals surface area contributed by atoms with Gasteiger partial charge in [-0.3, -0.25) is 4.79 Å². The number of carbonyl (C=O) groups excluding carboxylic acids is 1. The first-order valence-corrected chi connectivity index (χ1v) is 6.88. The van der Waals surface area contributed by atoms with Crippen molar-refractivity contribution in [1.29, 1.82) is 0 Å². The molecule has 19 heavy (non-hydrogen) atoms. The minimum atomic E-state index is -0.161. The van der Waals surface area contributed by atoms with Gasteiger partial charge < -0.3 is 11.1 Å². The monoisotopic (exact) mass is 258 g/mol. The molecule has 0 heterocycles. The largest absolute Gasteiger partial charge is 0.325 e. The van der Waals surface area contributed by atoms with Gasteiger partial charge in [-0.2, -0.15) is 0 Å². The normalized spacial score (nSPS) is 22.8. The highest BCUT2D eigenvalue weighted by molar-refractivity contribution is 6.03. The van der Waals surface area contributed by atoms with Crippen molar-refractivity contribution < 1.29 is 4.79 Å². The fourth-order valence-electron chi connectivity index (χ4n) is 2.27. The molecule has 0 spiro atoms. The Balaban J connectivity index is 2.03. The molecule has 102 valence electrons. The maximum Gasteiger partial charge on any atom is 0.251 e. The molecule has 0 bridgehead atoms. The van der Waals surface area contributed by atoms with Crippen LogP contribution in [0.5, 0.6) is 0 Å². The number of amides is 1. The van der Waals surface area contributed by atoms with E-state index in [-0.39, 0.29) is 11.4 Å². The molecule has 0 saturated carbocycles. The van der Waals surface area contributed by atoms with Crippen LogP contribution in [0.1, 0.15) is 38.7 Å². The van der Waals surface area contributed by atoms with Gasteiger partial charge >= 0.3 is 0 Å². The Kier molecular flexibility index (Phi) is 4.05. The molecule has 0 radical (unpaired) electrons. The number of nitrogens with one attached hydrogen (secondary N) is 1. The Morgan fingerprint density at radius 1 is 1.47 bits per heavy atom. The van der Waals surface area contributed by atoms with Crippen molar-refractivity contribution in [3.8, 4) is 0 Å². The van der Waals surface area contributed by atoms with E-state index in [4.69, 9.17) is 5.73 Å². The van der Waals surface area contributed by atoms with Gasteiger partial charge in [0.05, 0.1) is 0 Å². The molecule has 2 rings (SSSR count). The van der Waals surface area contributed by atoms with Crippen molar-refractivity contribution in [1.82, 2.24) is 0 Å². The third kappa shape index (κ3) is 3.67. The summed E-state index contributed by atoms with van der Waals surface area (Å²) in [5.41, 5.74) is 8.84. The second-order valence-corrected chi connectivity index (χ2v) is 5.60. The Morgan fingerprint density at radius 3 is 2.89 bits per heavy atom. The van der Waals surface area contributed by atoms with Crippen LogP contribution >= 0.6 is 0 Å². The van der Waals surface area contributed by atoms with Crippen LogP contribution < -0.4 is 11.1 Å². The van der Waals surface area contributed by atoms with E-state index in [0.29, 0.717) is 0 Å². The first-order valence-electron chi connectivity index (χ1n) is 6.88. The van der Waals surface area contributed by atoms with Crippen LogP contribution in [0.4, 0.5) is 5.69 Å². The van der Waals surface area contributed by atoms with Crippen molar-refractivity contribution in [2.24, 2.45) is 5.73 Å². The molecule has 1 aromatic carbocycles. The molecule has 1 unspecified atom stereocenters. The second-order valence-electron chi connectivity index (χ2n) is 5.60. The summed E-state index contributed by atoms with van der Waals surface area (Å²) >= 11 is 0. The molecule has 1 aromatic rings. The predicted octanol–water partition coefficient (Wildman–Crippen LogP) is 3.02. The van der Waals surface area contributed by atoms with Gasteiger partial charge in [0.1, 0.15) is 0 Å². The van der Waals surface area contributed by atoms with E-state index >= 15 is 0 Å². The predicted molar refractivity (Wildman–Crippen MR) is 79.0 cm³/mol. The van der Waals surface area contributed by atoms with E-state index in [2.05, 4.69) is 18.3 Å². The summed E-state index contributed by atoms with van der Waals surface area (Å²) in [5.74, 6) is 0.00348. The van der Waals surface area contributed by atoms with Crippen molar-refractivity contribution in [3.63, 3.8) is 0 Å². The van der Waals surface area contributed by atoms with Crippen LogP contribution in [0.25, 0.3) is 0 Å². The van der Waals surface area contributed by atoms with Crippen LogP contribution in [-0.2, 0) is 11.2 Å². The van der Waals surface area contributed by atoms with E-state index in [0.717, 1.165) is 36.9 Å². The van der Waals surface area contributed by atoms with Crippen molar-refractivity contribution in [2.75, 3.05) is 5.32 Å². The van der Waals surface area contributed by atoms with Crippen molar-refractivity contribution >= 4 is 11.6 Å². The van der Waals surface area contributed by atoms with Crippen LogP contribution in [0, 0.1) is 0 Å². The van der Waals surface area contributed by atoms with Gasteiger partial charge in [-0.1, -0.05) is 25.1 Å². The molecule has 1 aliphatic carbocycles. The molecule has 1 atom stereocenters. The summed E-state index contributed by atoms with van der Waals surface area (Å²) in [7, 11) is 0. The minimum Gasteiger partial charge on any atom is -0.325 e. The third-order valence-corrected chi connectivity index (χ3v) is 3.66. The van der Waals surface area contributed by atoms with E-state index in [1.807, 2.05) is 31.2 Å². The van der Waals surface area contributed by atoms with Gasteiger partial charge in [0.15, 0.2) is 0 Å². The molecule has 3 N–H and O–H groups in total. The number of carbonyl (C=O) groups is 1. The van der Waals surface area contributed by atoms with Crippen LogP contribution in [0.3, 0.4) is 0 Å². The summed E-state index contributed by atoms with van der Waals surface area (Å²) in [6, 6.07) is 7.98. The first kappa shape index (κ1) is 13.8. The number of rotatable bonds is 3. The molecule has 0 saturated heterocycles. The molecule has 0 aromatic heterocycles. The molecule has 3 nitrogen and oxygen atoms in total. The fourth-order valence-corrected chi connectivity index (χ4v) is 2.27. The van der Waals surface area contributed by atoms with E-state index in [1.54, 1.807) is 0 Å². The summed E-state index contributed by atoms with van der Waals surface area (Å²) < 4.78 is 0. The molecule has 1 amide bonds. The van der Waals surface area contributed by atoms with Gasteiger partial charge in [-0.15, -0.1) is 0 Å². The van der Waals surface area contributed by atoms with Gasteiger partial charge in [0.25, 0.3) is 5.91 Å². The van der Waals surface area contributed by atoms with E-state index in [1.165, 1.54) is 5.56 Å². The molecule has 0 fully saturated rings. The quantitative estimate of drug-likeness (QED) is 0.875. The highest BCUT2D eigenvalue weighted by atomic mass is 16.1. The lowest BCUT2D eigenvalue weighted by Gasteiger charge is -2.28. The summed E-state index contributed by atoms with van der Waals surface area (Å²) in [4.78, 5) is 12.2. The average Bonchev–Trinajstić information content (AvgIpc) is 2.38. The molecule has 0 aliphatic heterocycles. The number of nitrogens with two attached hydrogens (primary N) is 1. The maximum atomic E-state index is 12.2. The van der Waals surface area contributed by atoms with E-state index in [9.17, 15) is 4.79 Å². The first-order chi connectivity index (χ1) is 9.00. The van der Waals surface area contributed by atoms with Gasteiger partial charge in [0.2, 0.25) is 0 Å². The number of aryl methyl sites for hydroxylation is 1. The highest BCUT2D eigenvalue weighted by Gasteiger charge is 2.24. The van der Waals surface area contributed by atoms with Gasteiger partial charge in [-0.25, -0.2) is 0 Å². The second kappa shape index (κ2) is 5.57. The highest BCUT2D eigenvalue weighted by Crippen LogP contribution is 2.25. The van der Waals surface area contributed by atoms with E-state index < -0.39 is 0 Å². The summed E-state index contributed by atoms with van der Waals surface area (Å²) in [6.07, 6.45) is 5.33. The number of anilines is 1. The lowest BCUT2D eigenvalue weighted by Crippen LogP contribution is -2.38. The molecular weight excluding hydrogens is 236 g/mol. The topological polar surface area (TPSA) is 55.1 Å². The molecular formula is C16H22N2O. The van der Waals surface area contributed by atoms with Crippen molar-refractivity contribution in [2.45, 2.75) is 45.1 Å². The zero-order chi connectivity index (χ0) is 13.9. The lowest BCUT2D eigenvalue weighted by molar-refractivity contribution is -0.113. The maximum absolute atomic E-state index is 12.2. The zero-order valence-corrected chi connectivity index (χ0v) is 11.7. The van der Waals surface area contributed by atoms with Crippen molar-refractivity contribution in [3.05, 3.63) is 41.5 Å².